The SMILES string of the molecule is O=C(CCn1cc(Cl)cn1)N1C[C@@H]2[C@H](C1)[C@H]1CC[C@@H]2O1. The van der Waals surface area contributed by atoms with Crippen LogP contribution in [0.5, 0.6) is 0 Å². The molecule has 108 valence electrons. The third-order valence-electron chi connectivity index (χ3n) is 4.96. The smallest absolute Gasteiger partial charge is 0.224 e. The van der Waals surface area contributed by atoms with Crippen molar-refractivity contribution in [3.8, 4) is 0 Å². The minimum absolute atomic E-state index is 0.227. The summed E-state index contributed by atoms with van der Waals surface area (Å²) in [5, 5.41) is 4.71. The highest BCUT2D eigenvalue weighted by Gasteiger charge is 2.53. The van der Waals surface area contributed by atoms with E-state index in [1.165, 1.54) is 12.8 Å². The minimum Gasteiger partial charge on any atom is -0.374 e. The highest BCUT2D eigenvalue weighted by Crippen LogP contribution is 2.47. The first-order valence-corrected chi connectivity index (χ1v) is 7.70. The number of halogens is 1. The summed E-state index contributed by atoms with van der Waals surface area (Å²) in [7, 11) is 0. The van der Waals surface area contributed by atoms with E-state index in [9.17, 15) is 4.79 Å². The number of carbonyl (C=O) groups is 1. The molecule has 3 aliphatic heterocycles. The maximum atomic E-state index is 12.3. The van der Waals surface area contributed by atoms with Gasteiger partial charge >= 0.3 is 0 Å². The first kappa shape index (κ1) is 12.7. The lowest BCUT2D eigenvalue weighted by atomic mass is 9.82. The number of hydrogen-bond acceptors (Lipinski definition) is 3. The molecule has 2 bridgehead atoms. The molecule has 0 aromatic carbocycles. The van der Waals surface area contributed by atoms with Crippen LogP contribution in [0.3, 0.4) is 0 Å². The van der Waals surface area contributed by atoms with Gasteiger partial charge in [-0.2, -0.15) is 5.10 Å². The summed E-state index contributed by atoms with van der Waals surface area (Å²) in [5.41, 5.74) is 0. The van der Waals surface area contributed by atoms with Gasteiger partial charge in [-0.1, -0.05) is 11.6 Å². The minimum atomic E-state index is 0.227. The van der Waals surface area contributed by atoms with Gasteiger partial charge in [-0.15, -0.1) is 0 Å². The molecule has 0 aliphatic carbocycles. The van der Waals surface area contributed by atoms with Crippen LogP contribution in [0.15, 0.2) is 12.4 Å². The van der Waals surface area contributed by atoms with Gasteiger partial charge in [0.2, 0.25) is 5.91 Å². The number of carbonyl (C=O) groups excluding carboxylic acids is 1. The van der Waals surface area contributed by atoms with Crippen LogP contribution in [0, 0.1) is 11.8 Å². The molecular formula is C14H18ClN3O2. The number of amides is 1. The highest BCUT2D eigenvalue weighted by atomic mass is 35.5. The average molecular weight is 296 g/mol. The van der Waals surface area contributed by atoms with Crippen molar-refractivity contribution in [2.45, 2.75) is 38.0 Å². The molecule has 5 nitrogen and oxygen atoms in total. The molecule has 4 rings (SSSR count). The summed E-state index contributed by atoms with van der Waals surface area (Å²) < 4.78 is 7.66. The Morgan fingerprint density at radius 2 is 2.05 bits per heavy atom. The fourth-order valence-electron chi connectivity index (χ4n) is 3.99. The lowest BCUT2D eigenvalue weighted by Gasteiger charge is -2.18. The number of rotatable bonds is 3. The number of hydrogen-bond donors (Lipinski definition) is 0. The second kappa shape index (κ2) is 4.74. The largest absolute Gasteiger partial charge is 0.374 e. The van der Waals surface area contributed by atoms with Crippen molar-refractivity contribution in [2.24, 2.45) is 11.8 Å². The molecule has 0 saturated carbocycles. The number of aryl methyl sites for hydroxylation is 1. The molecule has 1 aromatic heterocycles. The maximum Gasteiger partial charge on any atom is 0.224 e. The molecule has 4 heterocycles. The Morgan fingerprint density at radius 3 is 2.65 bits per heavy atom. The maximum absolute atomic E-state index is 12.3. The van der Waals surface area contributed by atoms with E-state index in [1.807, 2.05) is 4.90 Å². The van der Waals surface area contributed by atoms with E-state index in [0.717, 1.165) is 13.1 Å². The molecular weight excluding hydrogens is 278 g/mol. The predicted molar refractivity (Wildman–Crippen MR) is 73.3 cm³/mol. The molecule has 3 saturated heterocycles. The molecule has 6 heteroatoms. The van der Waals surface area contributed by atoms with E-state index >= 15 is 0 Å². The predicted octanol–water partition coefficient (Wildman–Crippen LogP) is 1.56. The number of nitrogens with zero attached hydrogens (tertiary/aromatic N) is 3. The Morgan fingerprint density at radius 1 is 1.35 bits per heavy atom. The zero-order valence-electron chi connectivity index (χ0n) is 11.2. The highest BCUT2D eigenvalue weighted by molar-refractivity contribution is 6.30. The standard InChI is InChI=1S/C14H18ClN3O2/c15-9-5-16-18(6-9)4-3-14(19)17-7-10-11(8-17)13-2-1-12(10)20-13/h5-6,10-13H,1-4,7-8H2/t10-,11+,12+,13-. The van der Waals surface area contributed by atoms with Crippen molar-refractivity contribution in [3.05, 3.63) is 17.4 Å². The molecule has 0 unspecified atom stereocenters. The lowest BCUT2D eigenvalue weighted by Crippen LogP contribution is -2.32. The van der Waals surface area contributed by atoms with Gasteiger partial charge < -0.3 is 9.64 Å². The van der Waals surface area contributed by atoms with E-state index in [4.69, 9.17) is 16.3 Å². The summed E-state index contributed by atoms with van der Waals surface area (Å²) in [6.07, 6.45) is 7.02. The molecule has 1 aromatic rings. The zero-order valence-corrected chi connectivity index (χ0v) is 12.0. The number of aromatic nitrogens is 2. The van der Waals surface area contributed by atoms with Crippen LogP contribution in [0.2, 0.25) is 5.02 Å². The van der Waals surface area contributed by atoms with Crippen LogP contribution >= 0.6 is 11.6 Å². The van der Waals surface area contributed by atoms with Crippen LogP contribution < -0.4 is 0 Å². The second-order valence-corrected chi connectivity index (χ2v) is 6.52. The number of ether oxygens (including phenoxy) is 1. The topological polar surface area (TPSA) is 47.4 Å². The Balaban J connectivity index is 1.34. The third-order valence-corrected chi connectivity index (χ3v) is 5.16. The van der Waals surface area contributed by atoms with Crippen molar-refractivity contribution in [1.82, 2.24) is 14.7 Å². The van der Waals surface area contributed by atoms with Gasteiger partial charge in [-0.3, -0.25) is 9.48 Å². The van der Waals surface area contributed by atoms with Gasteiger partial charge in [-0.25, -0.2) is 0 Å². The molecule has 0 radical (unpaired) electrons. The van der Waals surface area contributed by atoms with E-state index < -0.39 is 0 Å². The molecule has 4 atom stereocenters. The first-order valence-electron chi connectivity index (χ1n) is 7.32. The number of likely N-dealkylation sites (tertiary alicyclic amines) is 1. The average Bonchev–Trinajstić information content (AvgIpc) is 3.17. The molecule has 0 N–H and O–H groups in total. The molecule has 0 spiro atoms. The summed E-state index contributed by atoms with van der Waals surface area (Å²) in [6, 6.07) is 0. The van der Waals surface area contributed by atoms with Crippen molar-refractivity contribution in [3.63, 3.8) is 0 Å². The number of fused-ring (bicyclic) bond motifs is 5. The van der Waals surface area contributed by atoms with E-state index in [0.29, 0.717) is 42.0 Å². The van der Waals surface area contributed by atoms with Gasteiger partial charge in [0, 0.05) is 44.1 Å². The molecule has 20 heavy (non-hydrogen) atoms. The Kier molecular flexibility index (Phi) is 3.00. The van der Waals surface area contributed by atoms with E-state index in [2.05, 4.69) is 5.10 Å². The first-order chi connectivity index (χ1) is 9.70. The zero-order chi connectivity index (χ0) is 13.7. The van der Waals surface area contributed by atoms with Gasteiger partial charge in [0.25, 0.3) is 0 Å². The van der Waals surface area contributed by atoms with E-state index in [1.54, 1.807) is 17.1 Å². The van der Waals surface area contributed by atoms with Crippen molar-refractivity contribution >= 4 is 17.5 Å². The van der Waals surface area contributed by atoms with Crippen LogP contribution in [-0.2, 0) is 16.1 Å². The van der Waals surface area contributed by atoms with Crippen LogP contribution in [0.4, 0.5) is 0 Å². The third kappa shape index (κ3) is 2.04. The summed E-state index contributed by atoms with van der Waals surface area (Å²) in [6.45, 7) is 2.36. The van der Waals surface area contributed by atoms with Crippen LogP contribution in [0.1, 0.15) is 19.3 Å². The quantitative estimate of drug-likeness (QED) is 0.850. The van der Waals surface area contributed by atoms with Gasteiger partial charge in [0.1, 0.15) is 0 Å². The fourth-order valence-corrected chi connectivity index (χ4v) is 4.15. The molecule has 3 fully saturated rings. The van der Waals surface area contributed by atoms with Gasteiger partial charge in [0.15, 0.2) is 0 Å². The van der Waals surface area contributed by atoms with Crippen molar-refractivity contribution in [2.75, 3.05) is 13.1 Å². The Labute approximate surface area is 122 Å². The monoisotopic (exact) mass is 295 g/mol. The van der Waals surface area contributed by atoms with Gasteiger partial charge in [0.05, 0.1) is 23.4 Å². The summed E-state index contributed by atoms with van der Waals surface area (Å²) in [4.78, 5) is 14.3. The summed E-state index contributed by atoms with van der Waals surface area (Å²) >= 11 is 5.81. The van der Waals surface area contributed by atoms with Crippen molar-refractivity contribution in [1.29, 1.82) is 0 Å². The second-order valence-electron chi connectivity index (χ2n) is 6.09. The van der Waals surface area contributed by atoms with Crippen LogP contribution in [0.25, 0.3) is 0 Å². The fraction of sp³-hybridized carbons (Fsp3) is 0.714. The van der Waals surface area contributed by atoms with Gasteiger partial charge in [-0.05, 0) is 12.8 Å². The van der Waals surface area contributed by atoms with Crippen molar-refractivity contribution < 1.29 is 9.53 Å². The Hall–Kier alpha value is -1.07. The normalized spacial score (nSPS) is 34.8. The molecule has 1 amide bonds. The lowest BCUT2D eigenvalue weighted by molar-refractivity contribution is -0.131. The Bertz CT molecular complexity index is 514. The summed E-state index contributed by atoms with van der Waals surface area (Å²) in [5.74, 6) is 1.39. The molecule has 3 aliphatic rings. The van der Waals surface area contributed by atoms with Crippen LogP contribution in [-0.4, -0.2) is 45.9 Å². The van der Waals surface area contributed by atoms with E-state index in [-0.39, 0.29) is 5.91 Å².